The smallest absolute Gasteiger partial charge is 0.123 e. The highest BCUT2D eigenvalue weighted by molar-refractivity contribution is 6.30. The summed E-state index contributed by atoms with van der Waals surface area (Å²) in [5.74, 6) is 0.225. The van der Waals surface area contributed by atoms with Crippen LogP contribution in [0.2, 0.25) is 5.02 Å². The van der Waals surface area contributed by atoms with Gasteiger partial charge in [-0.15, -0.1) is 0 Å². The zero-order chi connectivity index (χ0) is 14.3. The number of halogens is 1. The van der Waals surface area contributed by atoms with E-state index in [0.717, 1.165) is 11.1 Å². The predicted octanol–water partition coefficient (Wildman–Crippen LogP) is 2.98. The Kier molecular flexibility index (Phi) is 6.15. The van der Waals surface area contributed by atoms with E-state index in [0.29, 0.717) is 37.5 Å². The lowest BCUT2D eigenvalue weighted by atomic mass is 10.1. The van der Waals surface area contributed by atoms with Crippen molar-refractivity contribution in [3.8, 4) is 17.9 Å². The molecule has 0 bridgehead atoms. The number of nitriles is 2. The summed E-state index contributed by atoms with van der Waals surface area (Å²) in [6.07, 6.45) is 0.789. The van der Waals surface area contributed by atoms with Crippen LogP contribution in [0.5, 0.6) is 5.75 Å². The third kappa shape index (κ3) is 4.79. The first-order valence-corrected chi connectivity index (χ1v) is 6.40. The van der Waals surface area contributed by atoms with Crippen LogP contribution < -0.4 is 0 Å². The molecule has 0 aliphatic rings. The Morgan fingerprint density at radius 1 is 1.21 bits per heavy atom. The van der Waals surface area contributed by atoms with Gasteiger partial charge in [-0.1, -0.05) is 11.6 Å². The van der Waals surface area contributed by atoms with E-state index in [4.69, 9.17) is 22.1 Å². The normalized spacial score (nSPS) is 10.2. The number of hydrogen-bond donors (Lipinski definition) is 1. The second-order valence-electron chi connectivity index (χ2n) is 4.32. The summed E-state index contributed by atoms with van der Waals surface area (Å²) in [7, 11) is 0. The van der Waals surface area contributed by atoms with Gasteiger partial charge in [-0.25, -0.2) is 0 Å². The van der Waals surface area contributed by atoms with Crippen LogP contribution in [0, 0.1) is 29.6 Å². The van der Waals surface area contributed by atoms with Crippen LogP contribution in [0.1, 0.15) is 24.0 Å². The van der Waals surface area contributed by atoms with Crippen LogP contribution in [0.15, 0.2) is 12.1 Å². The van der Waals surface area contributed by atoms with Gasteiger partial charge in [-0.05, 0) is 24.6 Å². The number of aryl methyl sites for hydroxylation is 1. The standard InChI is InChI=1S/C14H16ClN3O/c1-11-8-13(15)9-12(14(11)19)10-18(6-2-4-16)7-3-5-17/h8-9,19H,2-3,6-7,10H2,1H3. The fourth-order valence-electron chi connectivity index (χ4n) is 1.85. The summed E-state index contributed by atoms with van der Waals surface area (Å²) in [5, 5.41) is 27.9. The molecule has 0 radical (unpaired) electrons. The Morgan fingerprint density at radius 2 is 1.79 bits per heavy atom. The van der Waals surface area contributed by atoms with Crippen molar-refractivity contribution in [3.63, 3.8) is 0 Å². The number of rotatable bonds is 6. The molecule has 1 aromatic carbocycles. The molecular weight excluding hydrogens is 262 g/mol. The first kappa shape index (κ1) is 15.3. The molecule has 0 aliphatic carbocycles. The molecule has 0 fully saturated rings. The molecule has 4 nitrogen and oxygen atoms in total. The second-order valence-corrected chi connectivity index (χ2v) is 4.76. The minimum atomic E-state index is 0.225. The molecule has 1 aromatic rings. The van der Waals surface area contributed by atoms with Gasteiger partial charge in [0, 0.05) is 43.1 Å². The van der Waals surface area contributed by atoms with E-state index < -0.39 is 0 Å². The quantitative estimate of drug-likeness (QED) is 0.868. The lowest BCUT2D eigenvalue weighted by Crippen LogP contribution is -2.25. The second kappa shape index (κ2) is 7.63. The van der Waals surface area contributed by atoms with E-state index in [9.17, 15) is 5.11 Å². The lowest BCUT2D eigenvalue weighted by molar-refractivity contribution is 0.273. The van der Waals surface area contributed by atoms with Crippen molar-refractivity contribution < 1.29 is 5.11 Å². The monoisotopic (exact) mass is 277 g/mol. The highest BCUT2D eigenvalue weighted by atomic mass is 35.5. The molecule has 0 atom stereocenters. The maximum Gasteiger partial charge on any atom is 0.123 e. The molecule has 1 N–H and O–H groups in total. The Balaban J connectivity index is 2.83. The molecule has 0 saturated heterocycles. The van der Waals surface area contributed by atoms with E-state index in [-0.39, 0.29) is 5.75 Å². The topological polar surface area (TPSA) is 71.0 Å². The zero-order valence-corrected chi connectivity index (χ0v) is 11.6. The third-order valence-corrected chi connectivity index (χ3v) is 3.04. The number of hydrogen-bond acceptors (Lipinski definition) is 4. The molecule has 5 heteroatoms. The van der Waals surface area contributed by atoms with E-state index in [1.807, 2.05) is 4.90 Å². The number of benzene rings is 1. The highest BCUT2D eigenvalue weighted by Crippen LogP contribution is 2.27. The van der Waals surface area contributed by atoms with Gasteiger partial charge in [0.1, 0.15) is 5.75 Å². The predicted molar refractivity (Wildman–Crippen MR) is 73.6 cm³/mol. The molecule has 0 spiro atoms. The van der Waals surface area contributed by atoms with Crippen LogP contribution in [-0.4, -0.2) is 23.1 Å². The van der Waals surface area contributed by atoms with E-state index in [1.165, 1.54) is 0 Å². The number of phenolic OH excluding ortho intramolecular Hbond substituents is 1. The summed E-state index contributed by atoms with van der Waals surface area (Å²) >= 11 is 5.98. The van der Waals surface area contributed by atoms with Gasteiger partial charge in [0.2, 0.25) is 0 Å². The first-order chi connectivity index (χ1) is 9.08. The molecule has 0 aromatic heterocycles. The van der Waals surface area contributed by atoms with Crippen LogP contribution in [-0.2, 0) is 6.54 Å². The summed E-state index contributed by atoms with van der Waals surface area (Å²) in [4.78, 5) is 1.97. The van der Waals surface area contributed by atoms with Gasteiger partial charge in [-0.2, -0.15) is 10.5 Å². The van der Waals surface area contributed by atoms with Crippen LogP contribution >= 0.6 is 11.6 Å². The third-order valence-electron chi connectivity index (χ3n) is 2.82. The zero-order valence-electron chi connectivity index (χ0n) is 10.9. The molecule has 0 saturated carbocycles. The SMILES string of the molecule is Cc1cc(Cl)cc(CN(CCC#N)CCC#N)c1O. The van der Waals surface area contributed by atoms with E-state index in [1.54, 1.807) is 19.1 Å². The maximum absolute atomic E-state index is 10.0. The van der Waals surface area contributed by atoms with Crippen molar-refractivity contribution in [1.29, 1.82) is 10.5 Å². The van der Waals surface area contributed by atoms with Crippen molar-refractivity contribution in [3.05, 3.63) is 28.3 Å². The number of aromatic hydroxyl groups is 1. The van der Waals surface area contributed by atoms with Crippen molar-refractivity contribution in [1.82, 2.24) is 4.90 Å². The first-order valence-electron chi connectivity index (χ1n) is 6.02. The molecule has 19 heavy (non-hydrogen) atoms. The minimum absolute atomic E-state index is 0.225. The largest absolute Gasteiger partial charge is 0.507 e. The average Bonchev–Trinajstić information content (AvgIpc) is 2.38. The number of nitrogens with zero attached hydrogens (tertiary/aromatic N) is 3. The van der Waals surface area contributed by atoms with Gasteiger partial charge in [0.05, 0.1) is 12.1 Å². The summed E-state index contributed by atoms with van der Waals surface area (Å²) in [6.45, 7) is 3.42. The van der Waals surface area contributed by atoms with Gasteiger partial charge >= 0.3 is 0 Å². The fourth-order valence-corrected chi connectivity index (χ4v) is 2.15. The maximum atomic E-state index is 10.0. The molecule has 0 heterocycles. The van der Waals surface area contributed by atoms with Crippen LogP contribution in [0.25, 0.3) is 0 Å². The van der Waals surface area contributed by atoms with Crippen molar-refractivity contribution >= 4 is 11.6 Å². The molecule has 0 amide bonds. The van der Waals surface area contributed by atoms with Crippen molar-refractivity contribution in [2.75, 3.05) is 13.1 Å². The molecule has 100 valence electrons. The van der Waals surface area contributed by atoms with Gasteiger partial charge in [-0.3, -0.25) is 4.90 Å². The molecular formula is C14H16ClN3O. The highest BCUT2D eigenvalue weighted by Gasteiger charge is 2.11. The summed E-state index contributed by atoms with van der Waals surface area (Å²) in [5.41, 5.74) is 1.45. The lowest BCUT2D eigenvalue weighted by Gasteiger charge is -2.21. The van der Waals surface area contributed by atoms with E-state index >= 15 is 0 Å². The summed E-state index contributed by atoms with van der Waals surface area (Å²) in [6, 6.07) is 7.59. The van der Waals surface area contributed by atoms with Crippen molar-refractivity contribution in [2.24, 2.45) is 0 Å². The fraction of sp³-hybridized carbons (Fsp3) is 0.429. The van der Waals surface area contributed by atoms with Crippen LogP contribution in [0.3, 0.4) is 0 Å². The van der Waals surface area contributed by atoms with Crippen molar-refractivity contribution in [2.45, 2.75) is 26.3 Å². The Bertz CT molecular complexity index is 499. The summed E-state index contributed by atoms with van der Waals surface area (Å²) < 4.78 is 0. The van der Waals surface area contributed by atoms with Gasteiger partial charge in [0.15, 0.2) is 0 Å². The number of phenols is 1. The average molecular weight is 278 g/mol. The Labute approximate surface area is 118 Å². The Morgan fingerprint density at radius 3 is 2.32 bits per heavy atom. The minimum Gasteiger partial charge on any atom is -0.507 e. The molecule has 1 rings (SSSR count). The van der Waals surface area contributed by atoms with E-state index in [2.05, 4.69) is 12.1 Å². The molecule has 0 aliphatic heterocycles. The van der Waals surface area contributed by atoms with Crippen LogP contribution in [0.4, 0.5) is 0 Å². The Hall–Kier alpha value is -1.75. The van der Waals surface area contributed by atoms with Gasteiger partial charge < -0.3 is 5.11 Å². The van der Waals surface area contributed by atoms with Gasteiger partial charge in [0.25, 0.3) is 0 Å². The molecule has 0 unspecified atom stereocenters.